The van der Waals surface area contributed by atoms with Gasteiger partial charge in [-0.2, -0.15) is 10.5 Å². The van der Waals surface area contributed by atoms with Crippen LogP contribution in [0.5, 0.6) is 0 Å². The van der Waals surface area contributed by atoms with E-state index in [1.165, 1.54) is 0 Å². The molecule has 0 bridgehead atoms. The van der Waals surface area contributed by atoms with Crippen molar-refractivity contribution in [1.29, 1.82) is 10.5 Å². The van der Waals surface area contributed by atoms with Gasteiger partial charge < -0.3 is 4.90 Å². The van der Waals surface area contributed by atoms with Gasteiger partial charge in [0.1, 0.15) is 17.7 Å². The summed E-state index contributed by atoms with van der Waals surface area (Å²) in [7, 11) is 0. The number of hydrogen-bond donors (Lipinski definition) is 1. The van der Waals surface area contributed by atoms with E-state index in [4.69, 9.17) is 5.26 Å². The number of thiol groups is 1. The molecule has 1 fully saturated rings. The Morgan fingerprint density at radius 3 is 2.24 bits per heavy atom. The van der Waals surface area contributed by atoms with E-state index >= 15 is 0 Å². The predicted molar refractivity (Wildman–Crippen MR) is 99.1 cm³/mol. The molecule has 0 aliphatic carbocycles. The van der Waals surface area contributed by atoms with Crippen molar-refractivity contribution in [2.45, 2.75) is 24.9 Å². The summed E-state index contributed by atoms with van der Waals surface area (Å²) < 4.78 is 0. The van der Waals surface area contributed by atoms with Crippen LogP contribution in [0.3, 0.4) is 0 Å². The Labute approximate surface area is 152 Å². The molecule has 124 valence electrons. The molecule has 6 heteroatoms. The van der Waals surface area contributed by atoms with Gasteiger partial charge in [-0.3, -0.25) is 9.69 Å². The van der Waals surface area contributed by atoms with Crippen LogP contribution in [-0.2, 0) is 4.79 Å². The molecule has 1 atom stereocenters. The van der Waals surface area contributed by atoms with Crippen molar-refractivity contribution >= 4 is 29.9 Å². The van der Waals surface area contributed by atoms with Gasteiger partial charge in [0.05, 0.1) is 11.1 Å². The maximum atomic E-state index is 13.1. The molecular formula is C19H16N4OS. The van der Waals surface area contributed by atoms with Gasteiger partial charge in [-0.25, -0.2) is 0 Å². The van der Waals surface area contributed by atoms with Crippen LogP contribution >= 0.6 is 12.6 Å². The first-order valence-corrected chi connectivity index (χ1v) is 8.24. The summed E-state index contributed by atoms with van der Waals surface area (Å²) in [6.45, 7) is 3.70. The van der Waals surface area contributed by atoms with Crippen molar-refractivity contribution in [3.63, 3.8) is 0 Å². The minimum absolute atomic E-state index is 0.120. The highest BCUT2D eigenvalue weighted by molar-refractivity contribution is 7.81. The number of hydrogen-bond acceptors (Lipinski definition) is 5. The fourth-order valence-corrected chi connectivity index (χ4v) is 3.73. The highest BCUT2D eigenvalue weighted by Gasteiger charge is 2.51. The SMILES string of the molecule is CC1(C)C(=O)N(c2ccc(C#N)c(C#N)c2)C(S)N1c1ccccc1. The largest absolute Gasteiger partial charge is 0.328 e. The van der Waals surface area contributed by atoms with Crippen LogP contribution in [0.25, 0.3) is 0 Å². The summed E-state index contributed by atoms with van der Waals surface area (Å²) in [5.41, 5.74) is 0.639. The molecule has 1 aliphatic rings. The Hall–Kier alpha value is -2.96. The standard InChI is InChI=1S/C19H16N4OS/c1-19(2)17(24)22(16-9-8-13(11-20)14(10-16)12-21)18(25)23(19)15-6-4-3-5-7-15/h3-10,18,25H,1-2H3. The number of para-hydroxylation sites is 1. The molecule has 0 radical (unpaired) electrons. The number of amides is 1. The molecule has 1 heterocycles. The van der Waals surface area contributed by atoms with Gasteiger partial charge in [-0.05, 0) is 44.2 Å². The van der Waals surface area contributed by atoms with Gasteiger partial charge >= 0.3 is 0 Å². The first kappa shape index (κ1) is 16.9. The van der Waals surface area contributed by atoms with E-state index in [0.29, 0.717) is 5.69 Å². The fraction of sp³-hybridized carbons (Fsp3) is 0.211. The molecule has 2 aromatic rings. The number of carbonyl (C=O) groups excluding carboxylic acids is 1. The topological polar surface area (TPSA) is 71.1 Å². The maximum absolute atomic E-state index is 13.1. The van der Waals surface area contributed by atoms with E-state index in [0.717, 1.165) is 5.69 Å². The van der Waals surface area contributed by atoms with Crippen molar-refractivity contribution in [3.05, 3.63) is 59.7 Å². The average molecular weight is 348 g/mol. The number of rotatable bonds is 2. The molecule has 3 rings (SSSR count). The first-order chi connectivity index (χ1) is 11.9. The van der Waals surface area contributed by atoms with Gasteiger partial charge in [0, 0.05) is 11.4 Å². The minimum atomic E-state index is -0.797. The molecule has 0 saturated carbocycles. The number of benzene rings is 2. The molecule has 5 nitrogen and oxygen atoms in total. The molecule has 1 unspecified atom stereocenters. The summed E-state index contributed by atoms with van der Waals surface area (Å²) in [4.78, 5) is 16.6. The van der Waals surface area contributed by atoms with Crippen molar-refractivity contribution in [1.82, 2.24) is 0 Å². The molecule has 1 aliphatic heterocycles. The number of anilines is 2. The smallest absolute Gasteiger partial charge is 0.254 e. The van der Waals surface area contributed by atoms with E-state index in [9.17, 15) is 10.1 Å². The fourth-order valence-electron chi connectivity index (χ4n) is 3.07. The zero-order valence-electron chi connectivity index (χ0n) is 13.8. The van der Waals surface area contributed by atoms with Crippen LogP contribution in [0.1, 0.15) is 25.0 Å². The van der Waals surface area contributed by atoms with Gasteiger partial charge in [-0.1, -0.05) is 18.2 Å². The molecule has 1 saturated heterocycles. The summed E-state index contributed by atoms with van der Waals surface area (Å²) in [5.74, 6) is -0.120. The first-order valence-electron chi connectivity index (χ1n) is 7.72. The highest BCUT2D eigenvalue weighted by Crippen LogP contribution is 2.40. The van der Waals surface area contributed by atoms with Crippen molar-refractivity contribution in [2.24, 2.45) is 0 Å². The lowest BCUT2D eigenvalue weighted by Gasteiger charge is -2.33. The van der Waals surface area contributed by atoms with Gasteiger partial charge in [0.15, 0.2) is 5.50 Å². The highest BCUT2D eigenvalue weighted by atomic mass is 32.1. The Morgan fingerprint density at radius 1 is 1.00 bits per heavy atom. The number of carbonyl (C=O) groups is 1. The molecule has 0 N–H and O–H groups in total. The molecular weight excluding hydrogens is 332 g/mol. The lowest BCUT2D eigenvalue weighted by Crippen LogP contribution is -2.44. The maximum Gasteiger partial charge on any atom is 0.254 e. The minimum Gasteiger partial charge on any atom is -0.328 e. The van der Waals surface area contributed by atoms with Crippen LogP contribution in [-0.4, -0.2) is 16.9 Å². The lowest BCUT2D eigenvalue weighted by molar-refractivity contribution is -0.120. The third-order valence-corrected chi connectivity index (χ3v) is 4.82. The zero-order valence-corrected chi connectivity index (χ0v) is 14.7. The van der Waals surface area contributed by atoms with Crippen LogP contribution < -0.4 is 9.80 Å². The quantitative estimate of drug-likeness (QED) is 0.846. The normalized spacial score (nSPS) is 18.8. The lowest BCUT2D eigenvalue weighted by atomic mass is 10.0. The number of nitrogens with zero attached hydrogens (tertiary/aromatic N) is 4. The molecule has 1 amide bonds. The van der Waals surface area contributed by atoms with Crippen LogP contribution in [0, 0.1) is 22.7 Å². The van der Waals surface area contributed by atoms with Crippen LogP contribution in [0.15, 0.2) is 48.5 Å². The summed E-state index contributed by atoms with van der Waals surface area (Å²) in [6, 6.07) is 18.4. The number of nitriles is 2. The van der Waals surface area contributed by atoms with Crippen molar-refractivity contribution in [3.8, 4) is 12.1 Å². The Bertz CT molecular complexity index is 911. The van der Waals surface area contributed by atoms with E-state index in [-0.39, 0.29) is 17.0 Å². The molecule has 0 spiro atoms. The monoisotopic (exact) mass is 348 g/mol. The molecule has 2 aromatic carbocycles. The van der Waals surface area contributed by atoms with Crippen molar-refractivity contribution < 1.29 is 4.79 Å². The Balaban J connectivity index is 2.09. The van der Waals surface area contributed by atoms with Gasteiger partial charge in [0.25, 0.3) is 5.91 Å². The van der Waals surface area contributed by atoms with E-state index in [1.807, 2.05) is 61.2 Å². The van der Waals surface area contributed by atoms with Gasteiger partial charge in [-0.15, -0.1) is 12.6 Å². The van der Waals surface area contributed by atoms with Crippen LogP contribution in [0.4, 0.5) is 11.4 Å². The van der Waals surface area contributed by atoms with Crippen LogP contribution in [0.2, 0.25) is 0 Å². The average Bonchev–Trinajstić information content (AvgIpc) is 2.79. The van der Waals surface area contributed by atoms with Crippen molar-refractivity contribution in [2.75, 3.05) is 9.80 Å². The summed E-state index contributed by atoms with van der Waals surface area (Å²) >= 11 is 4.67. The Kier molecular flexibility index (Phi) is 4.16. The second-order valence-electron chi connectivity index (χ2n) is 6.24. The zero-order chi connectivity index (χ0) is 18.2. The Morgan fingerprint density at radius 2 is 1.64 bits per heavy atom. The molecule has 25 heavy (non-hydrogen) atoms. The third kappa shape index (κ3) is 2.61. The summed E-state index contributed by atoms with van der Waals surface area (Å²) in [6.07, 6.45) is 0. The van der Waals surface area contributed by atoms with E-state index < -0.39 is 11.0 Å². The van der Waals surface area contributed by atoms with E-state index in [1.54, 1.807) is 23.1 Å². The second kappa shape index (κ2) is 6.16. The molecule has 0 aromatic heterocycles. The summed E-state index contributed by atoms with van der Waals surface area (Å²) in [5, 5.41) is 18.3. The predicted octanol–water partition coefficient (Wildman–Crippen LogP) is 3.28. The second-order valence-corrected chi connectivity index (χ2v) is 6.70. The van der Waals surface area contributed by atoms with E-state index in [2.05, 4.69) is 12.6 Å². The third-order valence-electron chi connectivity index (χ3n) is 4.36. The van der Waals surface area contributed by atoms with Gasteiger partial charge in [0.2, 0.25) is 0 Å².